The van der Waals surface area contributed by atoms with Gasteiger partial charge in [0, 0.05) is 18.7 Å². The third-order valence-electron chi connectivity index (χ3n) is 5.56. The van der Waals surface area contributed by atoms with Gasteiger partial charge in [0.2, 0.25) is 5.91 Å². The largest absolute Gasteiger partial charge is 0.496 e. The number of benzene rings is 2. The van der Waals surface area contributed by atoms with E-state index in [9.17, 15) is 14.7 Å². The van der Waals surface area contributed by atoms with Crippen LogP contribution in [-0.4, -0.2) is 35.5 Å². The Balaban J connectivity index is 1.68. The molecule has 0 saturated heterocycles. The predicted molar refractivity (Wildman–Crippen MR) is 96.1 cm³/mol. The molecule has 1 atom stereocenters. The van der Waals surface area contributed by atoms with Crippen molar-refractivity contribution >= 4 is 11.9 Å². The molecule has 5 heteroatoms. The number of methoxy groups -OCH3 is 1. The van der Waals surface area contributed by atoms with Crippen molar-refractivity contribution in [2.24, 2.45) is 0 Å². The SMILES string of the molecule is COc1ccccc1C1(C(=O)N2Cc3ccccc3C(C(=O)O)C2)CC1. The molecule has 0 radical (unpaired) electrons. The summed E-state index contributed by atoms with van der Waals surface area (Å²) in [5, 5.41) is 9.64. The number of aliphatic carboxylic acids is 1. The summed E-state index contributed by atoms with van der Waals surface area (Å²) in [6, 6.07) is 15.1. The molecule has 1 N–H and O–H groups in total. The number of carboxylic acid groups (broad SMARTS) is 1. The summed E-state index contributed by atoms with van der Waals surface area (Å²) < 4.78 is 5.46. The quantitative estimate of drug-likeness (QED) is 0.920. The van der Waals surface area contributed by atoms with Crippen molar-refractivity contribution < 1.29 is 19.4 Å². The Labute approximate surface area is 152 Å². The molecule has 1 aliphatic carbocycles. The monoisotopic (exact) mass is 351 g/mol. The summed E-state index contributed by atoms with van der Waals surface area (Å²) in [5.41, 5.74) is 2.04. The number of ether oxygens (including phenoxy) is 1. The fraction of sp³-hybridized carbons (Fsp3) is 0.333. The Morgan fingerprint density at radius 1 is 1.12 bits per heavy atom. The molecule has 0 bridgehead atoms. The lowest BCUT2D eigenvalue weighted by Crippen LogP contribution is -2.45. The van der Waals surface area contributed by atoms with E-state index >= 15 is 0 Å². The Kier molecular flexibility index (Phi) is 3.94. The standard InChI is InChI=1S/C21H21NO4/c1-26-18-9-5-4-8-17(18)21(10-11-21)20(25)22-12-14-6-2-3-7-15(14)16(13-22)19(23)24/h2-9,16H,10-13H2,1H3,(H,23,24). The van der Waals surface area contributed by atoms with Gasteiger partial charge < -0.3 is 14.7 Å². The molecular formula is C21H21NO4. The van der Waals surface area contributed by atoms with Crippen LogP contribution in [-0.2, 0) is 21.5 Å². The number of hydrogen-bond donors (Lipinski definition) is 1. The maximum atomic E-state index is 13.4. The van der Waals surface area contributed by atoms with E-state index < -0.39 is 17.3 Å². The first-order valence-electron chi connectivity index (χ1n) is 8.80. The molecular weight excluding hydrogens is 330 g/mol. The number of carbonyl (C=O) groups excluding carboxylic acids is 1. The van der Waals surface area contributed by atoms with Crippen LogP contribution in [0.25, 0.3) is 0 Å². The molecule has 1 unspecified atom stereocenters. The molecule has 0 aromatic heterocycles. The molecule has 26 heavy (non-hydrogen) atoms. The topological polar surface area (TPSA) is 66.8 Å². The zero-order valence-corrected chi connectivity index (χ0v) is 14.6. The number of carbonyl (C=O) groups is 2. The average molecular weight is 351 g/mol. The molecule has 1 heterocycles. The van der Waals surface area contributed by atoms with E-state index in [0.717, 1.165) is 29.5 Å². The Morgan fingerprint density at radius 3 is 2.50 bits per heavy atom. The minimum absolute atomic E-state index is 0.00255. The maximum Gasteiger partial charge on any atom is 0.312 e. The lowest BCUT2D eigenvalue weighted by atomic mass is 9.87. The van der Waals surface area contributed by atoms with Gasteiger partial charge in [-0.15, -0.1) is 0 Å². The van der Waals surface area contributed by atoms with E-state index in [-0.39, 0.29) is 12.5 Å². The maximum absolute atomic E-state index is 13.4. The van der Waals surface area contributed by atoms with E-state index in [1.165, 1.54) is 0 Å². The molecule has 2 aromatic rings. The third-order valence-corrected chi connectivity index (χ3v) is 5.56. The van der Waals surface area contributed by atoms with Crippen LogP contribution < -0.4 is 4.74 Å². The van der Waals surface area contributed by atoms with Crippen LogP contribution in [0.4, 0.5) is 0 Å². The Bertz CT molecular complexity index is 872. The highest BCUT2D eigenvalue weighted by atomic mass is 16.5. The van der Waals surface area contributed by atoms with Crippen molar-refractivity contribution in [1.29, 1.82) is 0 Å². The van der Waals surface area contributed by atoms with E-state index in [0.29, 0.717) is 12.3 Å². The molecule has 1 saturated carbocycles. The molecule has 2 aromatic carbocycles. The van der Waals surface area contributed by atoms with Gasteiger partial charge in [-0.2, -0.15) is 0 Å². The highest BCUT2D eigenvalue weighted by molar-refractivity contribution is 5.93. The van der Waals surface area contributed by atoms with Gasteiger partial charge in [-0.05, 0) is 30.0 Å². The summed E-state index contributed by atoms with van der Waals surface area (Å²) in [6.07, 6.45) is 1.53. The highest BCUT2D eigenvalue weighted by Crippen LogP contribution is 2.53. The molecule has 1 fully saturated rings. The zero-order valence-electron chi connectivity index (χ0n) is 14.6. The fourth-order valence-corrected chi connectivity index (χ4v) is 4.04. The van der Waals surface area contributed by atoms with Gasteiger partial charge in [-0.25, -0.2) is 0 Å². The molecule has 5 nitrogen and oxygen atoms in total. The first-order chi connectivity index (χ1) is 12.6. The molecule has 1 amide bonds. The van der Waals surface area contributed by atoms with Crippen molar-refractivity contribution in [2.45, 2.75) is 30.7 Å². The Morgan fingerprint density at radius 2 is 1.81 bits per heavy atom. The molecule has 0 spiro atoms. The van der Waals surface area contributed by atoms with Gasteiger partial charge in [0.05, 0.1) is 18.4 Å². The normalized spacial score (nSPS) is 20.2. The number of para-hydroxylation sites is 1. The fourth-order valence-electron chi connectivity index (χ4n) is 4.04. The number of amides is 1. The van der Waals surface area contributed by atoms with Crippen molar-refractivity contribution in [3.63, 3.8) is 0 Å². The Hall–Kier alpha value is -2.82. The van der Waals surface area contributed by atoms with Gasteiger partial charge in [-0.3, -0.25) is 9.59 Å². The summed E-state index contributed by atoms with van der Waals surface area (Å²) in [6.45, 7) is 0.664. The van der Waals surface area contributed by atoms with E-state index in [4.69, 9.17) is 4.74 Å². The minimum atomic E-state index is -0.892. The zero-order chi connectivity index (χ0) is 18.3. The number of hydrogen-bond acceptors (Lipinski definition) is 3. The van der Waals surface area contributed by atoms with Gasteiger partial charge in [0.1, 0.15) is 5.75 Å². The van der Waals surface area contributed by atoms with Crippen LogP contribution in [0.3, 0.4) is 0 Å². The van der Waals surface area contributed by atoms with Crippen molar-refractivity contribution in [3.05, 3.63) is 65.2 Å². The van der Waals surface area contributed by atoms with Crippen LogP contribution in [0.2, 0.25) is 0 Å². The third kappa shape index (κ3) is 2.55. The second-order valence-corrected chi connectivity index (χ2v) is 7.06. The number of nitrogens with zero attached hydrogens (tertiary/aromatic N) is 1. The number of rotatable bonds is 4. The second-order valence-electron chi connectivity index (χ2n) is 7.06. The summed E-state index contributed by atoms with van der Waals surface area (Å²) in [4.78, 5) is 26.9. The van der Waals surface area contributed by atoms with Gasteiger partial charge >= 0.3 is 5.97 Å². The molecule has 4 rings (SSSR count). The second kappa shape index (κ2) is 6.16. The lowest BCUT2D eigenvalue weighted by Gasteiger charge is -2.35. The van der Waals surface area contributed by atoms with Gasteiger partial charge in [0.25, 0.3) is 0 Å². The lowest BCUT2D eigenvalue weighted by molar-refractivity contribution is -0.142. The van der Waals surface area contributed by atoms with Gasteiger partial charge in [0.15, 0.2) is 0 Å². The smallest absolute Gasteiger partial charge is 0.312 e. The first-order valence-corrected chi connectivity index (χ1v) is 8.80. The summed E-state index contributed by atoms with van der Waals surface area (Å²) in [7, 11) is 1.61. The number of carboxylic acids is 1. The summed E-state index contributed by atoms with van der Waals surface area (Å²) >= 11 is 0. The van der Waals surface area contributed by atoms with Crippen molar-refractivity contribution in [1.82, 2.24) is 4.90 Å². The van der Waals surface area contributed by atoms with E-state index in [1.54, 1.807) is 12.0 Å². The van der Waals surface area contributed by atoms with Crippen LogP contribution >= 0.6 is 0 Å². The van der Waals surface area contributed by atoms with Crippen LogP contribution in [0, 0.1) is 0 Å². The average Bonchev–Trinajstić information content (AvgIpc) is 3.48. The predicted octanol–water partition coefficient (Wildman–Crippen LogP) is 2.94. The highest BCUT2D eigenvalue weighted by Gasteiger charge is 2.55. The van der Waals surface area contributed by atoms with Crippen LogP contribution in [0.15, 0.2) is 48.5 Å². The summed E-state index contributed by atoms with van der Waals surface area (Å²) in [5.74, 6) is -0.859. The molecule has 1 aliphatic heterocycles. The van der Waals surface area contributed by atoms with Crippen LogP contribution in [0.1, 0.15) is 35.4 Å². The van der Waals surface area contributed by atoms with E-state index in [1.807, 2.05) is 48.5 Å². The molecule has 134 valence electrons. The first kappa shape index (κ1) is 16.6. The number of fused-ring (bicyclic) bond motifs is 1. The molecule has 2 aliphatic rings. The van der Waals surface area contributed by atoms with E-state index in [2.05, 4.69) is 0 Å². The van der Waals surface area contributed by atoms with Crippen LogP contribution in [0.5, 0.6) is 5.75 Å². The van der Waals surface area contributed by atoms with Crippen molar-refractivity contribution in [2.75, 3.05) is 13.7 Å². The minimum Gasteiger partial charge on any atom is -0.496 e. The van der Waals surface area contributed by atoms with Gasteiger partial charge in [-0.1, -0.05) is 42.5 Å². The van der Waals surface area contributed by atoms with Crippen molar-refractivity contribution in [3.8, 4) is 5.75 Å².